The Kier molecular flexibility index (Phi) is 30.7. The topological polar surface area (TPSA) is 298 Å². The van der Waals surface area contributed by atoms with Crippen molar-refractivity contribution in [2.75, 3.05) is 0 Å². The summed E-state index contributed by atoms with van der Waals surface area (Å²) in [7, 11) is -18.7. The van der Waals surface area contributed by atoms with E-state index in [4.69, 9.17) is 70.1 Å². The average molecular weight is 671 g/mol. The van der Waals surface area contributed by atoms with Crippen molar-refractivity contribution >= 4 is 139 Å². The van der Waals surface area contributed by atoms with E-state index in [9.17, 15) is 0 Å². The predicted molar refractivity (Wildman–Crippen MR) is 72.7 cm³/mol. The van der Waals surface area contributed by atoms with E-state index in [1.807, 2.05) is 0 Å². The zero-order chi connectivity index (χ0) is 18.0. The summed E-state index contributed by atoms with van der Waals surface area (Å²) in [5.74, 6) is 0. The minimum Gasteiger partial charge on any atom is -1.00 e. The van der Waals surface area contributed by atoms with Crippen molar-refractivity contribution in [2.45, 2.75) is 0 Å². The molecule has 0 spiro atoms. The van der Waals surface area contributed by atoms with Crippen molar-refractivity contribution in [3.05, 3.63) is 0 Å². The van der Waals surface area contributed by atoms with Gasteiger partial charge >= 0.3 is 139 Å². The largest absolute Gasteiger partial charge is 2.00 e. The quantitative estimate of drug-likeness (QED) is 0.0945. The normalized spacial score (nSPS) is 10.5. The van der Waals surface area contributed by atoms with Crippen LogP contribution in [0.25, 0.3) is 0 Å². The summed E-state index contributed by atoms with van der Waals surface area (Å²) in [5, 5.41) is 0. The van der Waals surface area contributed by atoms with E-state index >= 15 is 0 Å². The minimum absolute atomic E-state index is 0. The standard InChI is InChI=1S/2Ba.4H2O4S.4H/c;;4*1-5(2,3)4;;;;/h;;4*(H2,1,2,3,4);;;;/q2*+2;;;;;4*-1. The second kappa shape index (κ2) is 17.1. The van der Waals surface area contributed by atoms with Crippen molar-refractivity contribution in [2.24, 2.45) is 0 Å². The molecule has 0 saturated heterocycles. The van der Waals surface area contributed by atoms with Gasteiger partial charge in [0, 0.05) is 0 Å². The third-order valence-corrected chi connectivity index (χ3v) is 0. The summed E-state index contributed by atoms with van der Waals surface area (Å²) >= 11 is 0. The molecular weight excluding hydrogens is 659 g/mol. The van der Waals surface area contributed by atoms with Gasteiger partial charge in [0.25, 0.3) is 0 Å². The summed E-state index contributed by atoms with van der Waals surface area (Å²) in [6.45, 7) is 0. The summed E-state index contributed by atoms with van der Waals surface area (Å²) < 4.78 is 126. The molecule has 0 aliphatic rings. The molecule has 0 fully saturated rings. The van der Waals surface area contributed by atoms with Crippen molar-refractivity contribution in [3.8, 4) is 0 Å². The fourth-order valence-corrected chi connectivity index (χ4v) is 0. The number of hydrogen-bond donors (Lipinski definition) is 8. The Balaban J connectivity index is -0.0000000152. The van der Waals surface area contributed by atoms with Gasteiger partial charge in [0.15, 0.2) is 0 Å². The van der Waals surface area contributed by atoms with E-state index in [2.05, 4.69) is 0 Å². The Labute approximate surface area is 211 Å². The third-order valence-electron chi connectivity index (χ3n) is 0. The summed E-state index contributed by atoms with van der Waals surface area (Å²) in [6, 6.07) is 0. The van der Waals surface area contributed by atoms with Crippen LogP contribution < -0.4 is 0 Å². The maximum absolute atomic E-state index is 8.74. The Morgan fingerprint density at radius 3 is 0.364 bits per heavy atom. The molecule has 8 N–H and O–H groups in total. The smallest absolute Gasteiger partial charge is 1.00 e. The van der Waals surface area contributed by atoms with Crippen molar-refractivity contribution in [1.29, 1.82) is 0 Å². The summed E-state index contributed by atoms with van der Waals surface area (Å²) in [6.07, 6.45) is 0. The zero-order valence-corrected chi connectivity index (χ0v) is 22.0. The molecule has 22 heteroatoms. The van der Waals surface area contributed by atoms with Crippen LogP contribution in [0, 0.1) is 0 Å². The molecule has 0 saturated carbocycles. The van der Waals surface area contributed by atoms with Crippen molar-refractivity contribution < 1.29 is 75.8 Å². The van der Waals surface area contributed by atoms with Gasteiger partial charge in [0.1, 0.15) is 0 Å². The van der Waals surface area contributed by atoms with E-state index in [-0.39, 0.29) is 103 Å². The minimum atomic E-state index is -4.67. The monoisotopic (exact) mass is 672 g/mol. The van der Waals surface area contributed by atoms with Gasteiger partial charge in [-0.25, -0.2) is 0 Å². The van der Waals surface area contributed by atoms with Crippen LogP contribution in [-0.4, -0.2) is 168 Å². The first kappa shape index (κ1) is 39.6. The molecule has 0 aromatic carbocycles. The van der Waals surface area contributed by atoms with Gasteiger partial charge in [-0.1, -0.05) is 0 Å². The first-order valence-corrected chi connectivity index (χ1v) is 8.38. The van der Waals surface area contributed by atoms with E-state index < -0.39 is 41.6 Å². The van der Waals surface area contributed by atoms with E-state index in [0.717, 1.165) is 0 Å². The molecule has 0 radical (unpaired) electrons. The molecule has 22 heavy (non-hydrogen) atoms. The van der Waals surface area contributed by atoms with Crippen LogP contribution in [0.1, 0.15) is 5.71 Å². The third kappa shape index (κ3) is 1540. The fraction of sp³-hybridized carbons (Fsp3) is 0. The van der Waals surface area contributed by atoms with Gasteiger partial charge in [0.2, 0.25) is 0 Å². The van der Waals surface area contributed by atoms with E-state index in [1.165, 1.54) is 0 Å². The molecule has 0 rings (SSSR count). The molecule has 0 heterocycles. The van der Waals surface area contributed by atoms with Crippen LogP contribution in [0.2, 0.25) is 0 Å². The van der Waals surface area contributed by atoms with Crippen molar-refractivity contribution in [3.63, 3.8) is 0 Å². The number of hydrogen-bond acceptors (Lipinski definition) is 8. The molecule has 0 aromatic heterocycles. The van der Waals surface area contributed by atoms with Crippen LogP contribution in [-0.2, 0) is 41.6 Å². The Morgan fingerprint density at radius 2 is 0.364 bits per heavy atom. The molecule has 0 aliphatic heterocycles. The SMILES string of the molecule is O=S(=O)(O)O.O=S(=O)(O)O.O=S(=O)(O)O.O=S(=O)(O)O.[Ba+2].[Ba+2].[H-].[H-].[H-].[H-]. The Bertz CT molecular complexity index is 493. The summed E-state index contributed by atoms with van der Waals surface area (Å²) in [4.78, 5) is 0. The second-order valence-corrected chi connectivity index (χ2v) is 5.37. The molecule has 0 unspecified atom stereocenters. The van der Waals surface area contributed by atoms with Gasteiger partial charge < -0.3 is 5.71 Å². The number of rotatable bonds is 0. The van der Waals surface area contributed by atoms with Gasteiger partial charge in [0.05, 0.1) is 0 Å². The summed E-state index contributed by atoms with van der Waals surface area (Å²) in [5.41, 5.74) is 0. The van der Waals surface area contributed by atoms with Gasteiger partial charge in [-0.15, -0.1) is 0 Å². The first-order valence-electron chi connectivity index (χ1n) is 2.79. The molecule has 0 aliphatic carbocycles. The molecule has 0 aromatic rings. The van der Waals surface area contributed by atoms with Crippen LogP contribution in [0.15, 0.2) is 0 Å². The molecule has 16 nitrogen and oxygen atoms in total. The van der Waals surface area contributed by atoms with Crippen LogP contribution in [0.4, 0.5) is 0 Å². The molecule has 136 valence electrons. The average Bonchev–Trinajstić information content (AvgIpc) is 1.62. The Hall–Kier alpha value is 2.62. The maximum atomic E-state index is 8.74. The van der Waals surface area contributed by atoms with Crippen LogP contribution in [0.3, 0.4) is 0 Å². The zero-order valence-electron chi connectivity index (χ0n) is 13.9. The van der Waals surface area contributed by atoms with Crippen LogP contribution >= 0.6 is 0 Å². The molecular formula is H12Ba2O16S4. The predicted octanol–water partition coefficient (Wildman–Crippen LogP) is -2.92. The van der Waals surface area contributed by atoms with Crippen molar-refractivity contribution in [1.82, 2.24) is 0 Å². The van der Waals surface area contributed by atoms with Gasteiger partial charge in [-0.05, 0) is 0 Å². The van der Waals surface area contributed by atoms with E-state index in [0.29, 0.717) is 0 Å². The first-order chi connectivity index (χ1) is 8.00. The van der Waals surface area contributed by atoms with Gasteiger partial charge in [-0.2, -0.15) is 33.7 Å². The van der Waals surface area contributed by atoms with Gasteiger partial charge in [-0.3, -0.25) is 36.4 Å². The van der Waals surface area contributed by atoms with E-state index in [1.54, 1.807) is 0 Å². The second-order valence-electron chi connectivity index (χ2n) is 1.79. The molecule has 0 bridgehead atoms. The molecule has 0 amide bonds. The fourth-order valence-electron chi connectivity index (χ4n) is 0. The molecule has 0 atom stereocenters. The van der Waals surface area contributed by atoms with Crippen LogP contribution in [0.5, 0.6) is 0 Å². The Morgan fingerprint density at radius 1 is 0.364 bits per heavy atom. The maximum Gasteiger partial charge on any atom is 2.00 e.